The van der Waals surface area contributed by atoms with E-state index in [-0.39, 0.29) is 0 Å². The van der Waals surface area contributed by atoms with Gasteiger partial charge in [0.2, 0.25) is 0 Å². The third kappa shape index (κ3) is 2.58. The Morgan fingerprint density at radius 2 is 1.95 bits per heavy atom. The minimum absolute atomic E-state index is 0.560. The van der Waals surface area contributed by atoms with Crippen LogP contribution < -0.4 is 11.1 Å². The summed E-state index contributed by atoms with van der Waals surface area (Å²) in [6.45, 7) is 2.36. The topological polar surface area (TPSA) is 50.9 Å². The van der Waals surface area contributed by atoms with Crippen molar-refractivity contribution < 1.29 is 0 Å². The van der Waals surface area contributed by atoms with Crippen molar-refractivity contribution in [2.45, 2.75) is 45.1 Å². The van der Waals surface area contributed by atoms with Gasteiger partial charge in [-0.15, -0.1) is 0 Å². The Balaban J connectivity index is 1.92. The molecule has 2 unspecified atom stereocenters. The van der Waals surface area contributed by atoms with Crippen LogP contribution in [0.25, 0.3) is 10.8 Å². The van der Waals surface area contributed by atoms with E-state index in [0.717, 1.165) is 22.4 Å². The van der Waals surface area contributed by atoms with Gasteiger partial charge < -0.3 is 11.1 Å². The fraction of sp³-hybridized carbons (Fsp3) is 0.471. The second kappa shape index (κ2) is 5.70. The molecule has 1 aliphatic carbocycles. The maximum absolute atomic E-state index is 6.05. The minimum atomic E-state index is 0.560. The molecule has 2 atom stereocenters. The number of pyridine rings is 1. The molecule has 1 fully saturated rings. The lowest BCUT2D eigenvalue weighted by molar-refractivity contribution is 0.457. The number of nitrogens with zero attached hydrogens (tertiary/aromatic N) is 1. The predicted molar refractivity (Wildman–Crippen MR) is 85.8 cm³/mol. The summed E-state index contributed by atoms with van der Waals surface area (Å²) in [7, 11) is 0. The summed E-state index contributed by atoms with van der Waals surface area (Å²) in [5, 5.41) is 5.96. The van der Waals surface area contributed by atoms with E-state index in [9.17, 15) is 0 Å². The number of hydrogen-bond acceptors (Lipinski definition) is 3. The van der Waals surface area contributed by atoms with E-state index in [1.807, 2.05) is 18.3 Å². The minimum Gasteiger partial charge on any atom is -0.398 e. The van der Waals surface area contributed by atoms with Crippen molar-refractivity contribution in [1.82, 2.24) is 4.98 Å². The summed E-state index contributed by atoms with van der Waals surface area (Å²) in [6, 6.07) is 6.64. The highest BCUT2D eigenvalue weighted by atomic mass is 14.9. The zero-order chi connectivity index (χ0) is 13.9. The lowest BCUT2D eigenvalue weighted by atomic mass is 9.96. The molecular weight excluding hydrogens is 246 g/mol. The van der Waals surface area contributed by atoms with Gasteiger partial charge in [0, 0.05) is 40.6 Å². The van der Waals surface area contributed by atoms with Crippen LogP contribution in [-0.4, -0.2) is 11.0 Å². The fourth-order valence-electron chi connectivity index (χ4n) is 3.25. The molecule has 106 valence electrons. The first kappa shape index (κ1) is 13.2. The van der Waals surface area contributed by atoms with Gasteiger partial charge in [0.15, 0.2) is 0 Å². The molecule has 20 heavy (non-hydrogen) atoms. The van der Waals surface area contributed by atoms with Gasteiger partial charge >= 0.3 is 0 Å². The Morgan fingerprint density at radius 3 is 2.85 bits per heavy atom. The smallest absolute Gasteiger partial charge is 0.0439 e. The number of nitrogens with one attached hydrogen (secondary N) is 1. The molecule has 0 spiro atoms. The summed E-state index contributed by atoms with van der Waals surface area (Å²) in [6.07, 6.45) is 10.4. The highest BCUT2D eigenvalue weighted by Gasteiger charge is 2.20. The number of nitrogen functional groups attached to an aromatic ring is 1. The molecule has 0 saturated heterocycles. The van der Waals surface area contributed by atoms with Crippen molar-refractivity contribution in [3.63, 3.8) is 0 Å². The molecule has 3 rings (SSSR count). The van der Waals surface area contributed by atoms with Gasteiger partial charge in [0.25, 0.3) is 0 Å². The SMILES string of the molecule is CC1CCCCCC1Nc1ccc(N)c2ccncc12. The van der Waals surface area contributed by atoms with Crippen LogP contribution in [0.5, 0.6) is 0 Å². The number of anilines is 2. The van der Waals surface area contributed by atoms with E-state index in [4.69, 9.17) is 5.73 Å². The second-order valence-electron chi connectivity index (χ2n) is 5.99. The van der Waals surface area contributed by atoms with Gasteiger partial charge in [-0.1, -0.05) is 26.2 Å². The summed E-state index contributed by atoms with van der Waals surface area (Å²) in [5.74, 6) is 0.724. The highest BCUT2D eigenvalue weighted by molar-refractivity contribution is 6.00. The van der Waals surface area contributed by atoms with Crippen LogP contribution in [0.1, 0.15) is 39.0 Å². The number of hydrogen-bond donors (Lipinski definition) is 2. The van der Waals surface area contributed by atoms with Gasteiger partial charge in [0.05, 0.1) is 0 Å². The molecule has 3 heteroatoms. The van der Waals surface area contributed by atoms with Gasteiger partial charge in [-0.05, 0) is 37.0 Å². The monoisotopic (exact) mass is 269 g/mol. The molecule has 1 aliphatic rings. The maximum Gasteiger partial charge on any atom is 0.0439 e. The fourth-order valence-corrected chi connectivity index (χ4v) is 3.25. The zero-order valence-corrected chi connectivity index (χ0v) is 12.1. The van der Waals surface area contributed by atoms with Crippen LogP contribution in [0.3, 0.4) is 0 Å². The first-order valence-electron chi connectivity index (χ1n) is 7.64. The van der Waals surface area contributed by atoms with Gasteiger partial charge in [-0.3, -0.25) is 4.98 Å². The summed E-state index contributed by atoms with van der Waals surface area (Å²) >= 11 is 0. The van der Waals surface area contributed by atoms with Gasteiger partial charge in [-0.2, -0.15) is 0 Å². The van der Waals surface area contributed by atoms with Crippen LogP contribution in [0.2, 0.25) is 0 Å². The third-order valence-corrected chi connectivity index (χ3v) is 4.55. The molecule has 1 aromatic carbocycles. The average molecular weight is 269 g/mol. The number of benzene rings is 1. The Morgan fingerprint density at radius 1 is 1.10 bits per heavy atom. The molecule has 2 aromatic rings. The van der Waals surface area contributed by atoms with Crippen LogP contribution in [-0.2, 0) is 0 Å². The molecule has 1 aromatic heterocycles. The normalized spacial score (nSPS) is 23.4. The van der Waals surface area contributed by atoms with Crippen molar-refractivity contribution >= 4 is 22.1 Å². The molecule has 0 bridgehead atoms. The highest BCUT2D eigenvalue weighted by Crippen LogP contribution is 2.31. The van der Waals surface area contributed by atoms with E-state index in [0.29, 0.717) is 6.04 Å². The first-order valence-corrected chi connectivity index (χ1v) is 7.64. The van der Waals surface area contributed by atoms with Gasteiger partial charge in [-0.25, -0.2) is 0 Å². The summed E-state index contributed by atoms with van der Waals surface area (Å²) < 4.78 is 0. The molecule has 0 radical (unpaired) electrons. The molecule has 3 nitrogen and oxygen atoms in total. The largest absolute Gasteiger partial charge is 0.398 e. The molecular formula is C17H23N3. The lowest BCUT2D eigenvalue weighted by Crippen LogP contribution is -2.26. The lowest BCUT2D eigenvalue weighted by Gasteiger charge is -2.25. The number of nitrogens with two attached hydrogens (primary N) is 1. The van der Waals surface area contributed by atoms with Gasteiger partial charge in [0.1, 0.15) is 0 Å². The number of fused-ring (bicyclic) bond motifs is 1. The Kier molecular flexibility index (Phi) is 3.77. The maximum atomic E-state index is 6.05. The van der Waals surface area contributed by atoms with Crippen molar-refractivity contribution in [1.29, 1.82) is 0 Å². The Labute approximate surface area is 120 Å². The van der Waals surface area contributed by atoms with Crippen molar-refractivity contribution in [3.05, 3.63) is 30.6 Å². The van der Waals surface area contributed by atoms with Crippen LogP contribution >= 0.6 is 0 Å². The Bertz CT molecular complexity index is 594. The van der Waals surface area contributed by atoms with E-state index in [1.54, 1.807) is 6.20 Å². The predicted octanol–water partition coefficient (Wildman–Crippen LogP) is 4.20. The van der Waals surface area contributed by atoms with E-state index >= 15 is 0 Å². The number of aromatic nitrogens is 1. The first-order chi connectivity index (χ1) is 9.75. The van der Waals surface area contributed by atoms with Crippen LogP contribution in [0.15, 0.2) is 30.6 Å². The van der Waals surface area contributed by atoms with Crippen LogP contribution in [0, 0.1) is 5.92 Å². The standard InChI is InChI=1S/C17H23N3/c1-12-5-3-2-4-6-16(12)20-17-8-7-15(18)13-9-10-19-11-14(13)17/h7-12,16,20H,2-6,18H2,1H3. The zero-order valence-electron chi connectivity index (χ0n) is 12.1. The molecule has 3 N–H and O–H groups in total. The third-order valence-electron chi connectivity index (χ3n) is 4.55. The van der Waals surface area contributed by atoms with Crippen molar-refractivity contribution in [2.24, 2.45) is 5.92 Å². The quantitative estimate of drug-likeness (QED) is 0.634. The van der Waals surface area contributed by atoms with Crippen LogP contribution in [0.4, 0.5) is 11.4 Å². The molecule has 0 aliphatic heterocycles. The molecule has 0 amide bonds. The summed E-state index contributed by atoms with van der Waals surface area (Å²) in [4.78, 5) is 4.25. The number of rotatable bonds is 2. The van der Waals surface area contributed by atoms with E-state index < -0.39 is 0 Å². The van der Waals surface area contributed by atoms with Crippen molar-refractivity contribution in [2.75, 3.05) is 11.1 Å². The molecule has 1 heterocycles. The average Bonchev–Trinajstić information content (AvgIpc) is 2.67. The van der Waals surface area contributed by atoms with Crippen molar-refractivity contribution in [3.8, 4) is 0 Å². The van der Waals surface area contributed by atoms with E-state index in [1.165, 1.54) is 37.8 Å². The summed E-state index contributed by atoms with van der Waals surface area (Å²) in [5.41, 5.74) is 8.04. The van der Waals surface area contributed by atoms with E-state index in [2.05, 4.69) is 23.3 Å². The molecule has 1 saturated carbocycles. The second-order valence-corrected chi connectivity index (χ2v) is 5.99. The Hall–Kier alpha value is -1.77.